The third-order valence-corrected chi connectivity index (χ3v) is 3.67. The van der Waals surface area contributed by atoms with Gasteiger partial charge in [-0.25, -0.2) is 8.42 Å². The Kier molecular flexibility index (Phi) is 4.10. The lowest BCUT2D eigenvalue weighted by Crippen LogP contribution is -2.03. The van der Waals surface area contributed by atoms with E-state index < -0.39 is 9.05 Å². The fourth-order valence-corrected chi connectivity index (χ4v) is 2.81. The van der Waals surface area contributed by atoms with E-state index in [9.17, 15) is 8.42 Å². The second kappa shape index (κ2) is 4.82. The second-order valence-corrected chi connectivity index (χ2v) is 6.68. The minimum absolute atomic E-state index is 0.262. The lowest BCUT2D eigenvalue weighted by Gasteiger charge is -2.14. The molecule has 0 radical (unpaired) electrons. The van der Waals surface area contributed by atoms with Crippen molar-refractivity contribution in [3.63, 3.8) is 0 Å². The van der Waals surface area contributed by atoms with Gasteiger partial charge in [0.1, 0.15) is 5.75 Å². The van der Waals surface area contributed by atoms with Gasteiger partial charge in [-0.15, -0.1) is 0 Å². The Labute approximate surface area is 105 Å². The van der Waals surface area contributed by atoms with E-state index in [0.717, 1.165) is 5.56 Å². The summed E-state index contributed by atoms with van der Waals surface area (Å²) in [6.07, 6.45) is 0. The molecule has 0 heterocycles. The van der Waals surface area contributed by atoms with E-state index in [1.54, 1.807) is 19.9 Å². The molecule has 0 fully saturated rings. The Balaban J connectivity index is 3.43. The van der Waals surface area contributed by atoms with E-state index in [4.69, 9.17) is 27.0 Å². The first-order chi connectivity index (χ1) is 7.26. The van der Waals surface area contributed by atoms with Gasteiger partial charge in [-0.2, -0.15) is 0 Å². The number of aryl methyl sites for hydroxylation is 1. The quantitative estimate of drug-likeness (QED) is 0.801. The number of benzene rings is 1. The first-order valence-corrected chi connectivity index (χ1v) is 7.36. The van der Waals surface area contributed by atoms with Gasteiger partial charge in [0.25, 0.3) is 0 Å². The molecule has 3 nitrogen and oxygen atoms in total. The van der Waals surface area contributed by atoms with Crippen molar-refractivity contribution in [3.8, 4) is 5.75 Å². The van der Waals surface area contributed by atoms with Crippen molar-refractivity contribution in [1.82, 2.24) is 0 Å². The van der Waals surface area contributed by atoms with Crippen molar-refractivity contribution in [2.24, 2.45) is 0 Å². The highest BCUT2D eigenvalue weighted by Crippen LogP contribution is 2.34. The number of halogens is 2. The zero-order valence-corrected chi connectivity index (χ0v) is 11.5. The molecule has 0 aliphatic heterocycles. The SMILES string of the molecule is COc1c(C)c(Cl)cc(C)c1CS(=O)(=O)Cl. The predicted octanol–water partition coefficient (Wildman–Crippen LogP) is 3.03. The molecule has 90 valence electrons. The van der Waals surface area contributed by atoms with Crippen LogP contribution in [0.2, 0.25) is 5.02 Å². The lowest BCUT2D eigenvalue weighted by molar-refractivity contribution is 0.407. The highest BCUT2D eigenvalue weighted by atomic mass is 35.7. The van der Waals surface area contributed by atoms with E-state index in [2.05, 4.69) is 0 Å². The van der Waals surface area contributed by atoms with Crippen LogP contribution in [0.5, 0.6) is 5.75 Å². The number of ether oxygens (including phenoxy) is 1. The summed E-state index contributed by atoms with van der Waals surface area (Å²) < 4.78 is 27.4. The van der Waals surface area contributed by atoms with Crippen molar-refractivity contribution < 1.29 is 13.2 Å². The van der Waals surface area contributed by atoms with Crippen molar-refractivity contribution in [3.05, 3.63) is 27.8 Å². The molecule has 1 aromatic carbocycles. The Hall–Kier alpha value is -0.450. The Morgan fingerprint density at radius 1 is 1.38 bits per heavy atom. The van der Waals surface area contributed by atoms with Crippen LogP contribution in [0.3, 0.4) is 0 Å². The van der Waals surface area contributed by atoms with Gasteiger partial charge >= 0.3 is 0 Å². The normalized spacial score (nSPS) is 11.6. The first kappa shape index (κ1) is 13.6. The molecule has 0 aliphatic rings. The number of methoxy groups -OCH3 is 1. The number of hydrogen-bond acceptors (Lipinski definition) is 3. The Morgan fingerprint density at radius 2 is 1.94 bits per heavy atom. The highest BCUT2D eigenvalue weighted by Gasteiger charge is 2.18. The van der Waals surface area contributed by atoms with Gasteiger partial charge in [0, 0.05) is 26.8 Å². The van der Waals surface area contributed by atoms with Gasteiger partial charge in [0.15, 0.2) is 0 Å². The van der Waals surface area contributed by atoms with Crippen LogP contribution in [0.25, 0.3) is 0 Å². The molecule has 0 saturated carbocycles. The molecule has 1 rings (SSSR count). The summed E-state index contributed by atoms with van der Waals surface area (Å²) in [5.41, 5.74) is 2.01. The minimum atomic E-state index is -3.61. The molecular weight excluding hydrogens is 271 g/mol. The lowest BCUT2D eigenvalue weighted by atomic mass is 10.1. The van der Waals surface area contributed by atoms with Crippen molar-refractivity contribution >= 4 is 31.3 Å². The molecule has 16 heavy (non-hydrogen) atoms. The standard InChI is InChI=1S/C10H12Cl2O3S/c1-6-4-9(11)7(2)10(15-3)8(6)5-16(12,13)14/h4H,5H2,1-3H3. The molecule has 0 atom stereocenters. The zero-order chi connectivity index (χ0) is 12.5. The fourth-order valence-electron chi connectivity index (χ4n) is 1.53. The van der Waals surface area contributed by atoms with Crippen molar-refractivity contribution in [2.45, 2.75) is 19.6 Å². The van der Waals surface area contributed by atoms with Crippen LogP contribution in [-0.4, -0.2) is 15.5 Å². The van der Waals surface area contributed by atoms with E-state index in [0.29, 0.717) is 21.9 Å². The van der Waals surface area contributed by atoms with E-state index in [1.165, 1.54) is 7.11 Å². The van der Waals surface area contributed by atoms with Gasteiger partial charge in [-0.05, 0) is 25.5 Å². The molecule has 0 saturated heterocycles. The second-order valence-electron chi connectivity index (χ2n) is 3.50. The first-order valence-electron chi connectivity index (χ1n) is 4.51. The van der Waals surface area contributed by atoms with Crippen LogP contribution >= 0.6 is 22.3 Å². The van der Waals surface area contributed by atoms with Gasteiger partial charge in [-0.3, -0.25) is 0 Å². The van der Waals surface area contributed by atoms with Crippen LogP contribution < -0.4 is 4.74 Å². The van der Waals surface area contributed by atoms with Crippen LogP contribution in [0.4, 0.5) is 0 Å². The molecular formula is C10H12Cl2O3S. The molecule has 0 bridgehead atoms. The average molecular weight is 283 g/mol. The minimum Gasteiger partial charge on any atom is -0.496 e. The maximum absolute atomic E-state index is 11.1. The largest absolute Gasteiger partial charge is 0.496 e. The third-order valence-electron chi connectivity index (χ3n) is 2.31. The van der Waals surface area contributed by atoms with Gasteiger partial charge in [0.05, 0.1) is 12.9 Å². The Morgan fingerprint density at radius 3 is 2.38 bits per heavy atom. The molecule has 0 aromatic heterocycles. The van der Waals surface area contributed by atoms with Crippen LogP contribution in [-0.2, 0) is 14.8 Å². The molecule has 0 amide bonds. The summed E-state index contributed by atoms with van der Waals surface area (Å²) in [6, 6.07) is 1.71. The maximum atomic E-state index is 11.1. The van der Waals surface area contributed by atoms with E-state index in [-0.39, 0.29) is 5.75 Å². The smallest absolute Gasteiger partial charge is 0.236 e. The molecule has 0 aliphatic carbocycles. The predicted molar refractivity (Wildman–Crippen MR) is 66.0 cm³/mol. The highest BCUT2D eigenvalue weighted by molar-refractivity contribution is 8.13. The number of hydrogen-bond donors (Lipinski definition) is 0. The summed E-state index contributed by atoms with van der Waals surface area (Å²) in [4.78, 5) is 0. The van der Waals surface area contributed by atoms with Crippen molar-refractivity contribution in [2.75, 3.05) is 7.11 Å². The summed E-state index contributed by atoms with van der Waals surface area (Å²) in [6.45, 7) is 3.54. The van der Waals surface area contributed by atoms with Crippen molar-refractivity contribution in [1.29, 1.82) is 0 Å². The third kappa shape index (κ3) is 3.03. The zero-order valence-electron chi connectivity index (χ0n) is 9.17. The summed E-state index contributed by atoms with van der Waals surface area (Å²) in [7, 11) is 3.11. The van der Waals surface area contributed by atoms with Crippen LogP contribution in [0.1, 0.15) is 16.7 Å². The van der Waals surface area contributed by atoms with Crippen LogP contribution in [0.15, 0.2) is 6.07 Å². The summed E-state index contributed by atoms with van der Waals surface area (Å²) in [5.74, 6) is 0.218. The van der Waals surface area contributed by atoms with Gasteiger partial charge in [0.2, 0.25) is 9.05 Å². The van der Waals surface area contributed by atoms with E-state index in [1.807, 2.05) is 0 Å². The topological polar surface area (TPSA) is 43.4 Å². The van der Waals surface area contributed by atoms with Gasteiger partial charge in [-0.1, -0.05) is 11.6 Å². The monoisotopic (exact) mass is 282 g/mol. The fraction of sp³-hybridized carbons (Fsp3) is 0.400. The Bertz CT molecular complexity index is 509. The molecule has 0 unspecified atom stereocenters. The summed E-state index contributed by atoms with van der Waals surface area (Å²) in [5, 5.41) is 0.546. The number of rotatable bonds is 3. The average Bonchev–Trinajstić information content (AvgIpc) is 2.13. The molecule has 1 aromatic rings. The molecule has 6 heteroatoms. The maximum Gasteiger partial charge on any atom is 0.236 e. The van der Waals surface area contributed by atoms with Gasteiger partial charge < -0.3 is 4.74 Å². The van der Waals surface area contributed by atoms with Crippen LogP contribution in [0, 0.1) is 13.8 Å². The van der Waals surface area contributed by atoms with E-state index >= 15 is 0 Å². The molecule has 0 spiro atoms. The molecule has 0 N–H and O–H groups in total. The summed E-state index contributed by atoms with van der Waals surface area (Å²) >= 11 is 5.98.